The molecule has 0 atom stereocenters. The predicted octanol–water partition coefficient (Wildman–Crippen LogP) is 1.15. The van der Waals surface area contributed by atoms with Crippen molar-refractivity contribution in [1.82, 2.24) is 24.7 Å². The molecule has 22 heavy (non-hydrogen) atoms. The maximum atomic E-state index is 10.7. The van der Waals surface area contributed by atoms with Crippen LogP contribution < -0.4 is 5.32 Å². The van der Waals surface area contributed by atoms with Gasteiger partial charge in [0.1, 0.15) is 17.5 Å². The first kappa shape index (κ1) is 14.4. The minimum atomic E-state index is -1.07. The van der Waals surface area contributed by atoms with Gasteiger partial charge in [0.15, 0.2) is 5.69 Å². The van der Waals surface area contributed by atoms with E-state index in [0.29, 0.717) is 5.82 Å². The maximum Gasteiger partial charge on any atom is 0.356 e. The molecule has 3 heterocycles. The average molecular weight is 302 g/mol. The molecule has 0 spiro atoms. The Kier molecular flexibility index (Phi) is 4.27. The van der Waals surface area contributed by atoms with Crippen LogP contribution >= 0.6 is 0 Å². The van der Waals surface area contributed by atoms with Gasteiger partial charge in [0.25, 0.3) is 0 Å². The fraction of sp³-hybridized carbons (Fsp3) is 0.500. The number of rotatable bonds is 6. The normalized spacial score (nSPS) is 13.6. The van der Waals surface area contributed by atoms with Crippen molar-refractivity contribution >= 4 is 11.8 Å². The summed E-state index contributed by atoms with van der Waals surface area (Å²) < 4.78 is 2.23. The molecule has 1 aliphatic heterocycles. The van der Waals surface area contributed by atoms with E-state index < -0.39 is 5.97 Å². The van der Waals surface area contributed by atoms with Crippen LogP contribution in [0.1, 0.15) is 41.4 Å². The molecule has 8 heteroatoms. The number of nitrogens with zero attached hydrogens (tertiary/aromatic N) is 5. The number of aromatic nitrogens is 5. The zero-order chi connectivity index (χ0) is 15.4. The molecule has 0 saturated heterocycles. The number of anilines is 1. The second-order valence-corrected chi connectivity index (χ2v) is 5.26. The monoisotopic (exact) mass is 302 g/mol. The molecular weight excluding hydrogens is 284 g/mol. The minimum Gasteiger partial charge on any atom is -0.476 e. The Bertz CT molecular complexity index is 652. The molecule has 2 N–H and O–H groups in total. The molecule has 1 aliphatic rings. The van der Waals surface area contributed by atoms with Crippen LogP contribution in [0.25, 0.3) is 0 Å². The predicted molar refractivity (Wildman–Crippen MR) is 78.8 cm³/mol. The standard InChI is InChI=1S/C14H18N6O2/c21-14(22)10-8-17-11(9-16-10)15-6-3-5-13-19-18-12-4-1-2-7-20(12)13/h8-9H,1-7H2,(H,15,17)(H,21,22). The van der Waals surface area contributed by atoms with E-state index in [1.54, 1.807) is 0 Å². The maximum absolute atomic E-state index is 10.7. The highest BCUT2D eigenvalue weighted by Crippen LogP contribution is 2.15. The molecule has 0 fully saturated rings. The molecule has 3 rings (SSSR count). The summed E-state index contributed by atoms with van der Waals surface area (Å²) in [7, 11) is 0. The van der Waals surface area contributed by atoms with E-state index in [-0.39, 0.29) is 5.69 Å². The zero-order valence-corrected chi connectivity index (χ0v) is 12.2. The lowest BCUT2D eigenvalue weighted by molar-refractivity contribution is 0.0690. The Labute approximate surface area is 127 Å². The van der Waals surface area contributed by atoms with Crippen LogP contribution in [0.3, 0.4) is 0 Å². The number of hydrogen-bond acceptors (Lipinski definition) is 6. The molecule has 0 amide bonds. The number of carbonyl (C=O) groups is 1. The highest BCUT2D eigenvalue weighted by molar-refractivity contribution is 5.84. The third-order valence-corrected chi connectivity index (χ3v) is 3.69. The zero-order valence-electron chi connectivity index (χ0n) is 12.2. The molecule has 0 aromatic carbocycles. The minimum absolute atomic E-state index is 0.0550. The summed E-state index contributed by atoms with van der Waals surface area (Å²) in [4.78, 5) is 18.5. The van der Waals surface area contributed by atoms with Crippen LogP contribution in [0.15, 0.2) is 12.4 Å². The largest absolute Gasteiger partial charge is 0.476 e. The lowest BCUT2D eigenvalue weighted by Crippen LogP contribution is -2.14. The number of aromatic carboxylic acids is 1. The lowest BCUT2D eigenvalue weighted by Gasteiger charge is -2.14. The van der Waals surface area contributed by atoms with Crippen molar-refractivity contribution in [2.45, 2.75) is 38.6 Å². The summed E-state index contributed by atoms with van der Waals surface area (Å²) >= 11 is 0. The van der Waals surface area contributed by atoms with Crippen molar-refractivity contribution in [3.8, 4) is 0 Å². The van der Waals surface area contributed by atoms with Crippen LogP contribution in [0.4, 0.5) is 5.82 Å². The number of nitrogens with one attached hydrogen (secondary N) is 1. The first-order chi connectivity index (χ1) is 10.7. The van der Waals surface area contributed by atoms with Gasteiger partial charge in [-0.3, -0.25) is 0 Å². The average Bonchev–Trinajstić information content (AvgIpc) is 2.95. The second-order valence-electron chi connectivity index (χ2n) is 5.26. The third kappa shape index (κ3) is 3.21. The van der Waals surface area contributed by atoms with Gasteiger partial charge in [-0.2, -0.15) is 0 Å². The molecule has 0 radical (unpaired) electrons. The molecule has 0 bridgehead atoms. The van der Waals surface area contributed by atoms with E-state index in [9.17, 15) is 4.79 Å². The summed E-state index contributed by atoms with van der Waals surface area (Å²) in [6, 6.07) is 0. The van der Waals surface area contributed by atoms with Crippen LogP contribution in [0.5, 0.6) is 0 Å². The molecule has 0 aliphatic carbocycles. The Morgan fingerprint density at radius 2 is 2.18 bits per heavy atom. The second kappa shape index (κ2) is 6.50. The molecule has 2 aromatic rings. The van der Waals surface area contributed by atoms with E-state index in [2.05, 4.69) is 30.0 Å². The molecule has 8 nitrogen and oxygen atoms in total. The summed E-state index contributed by atoms with van der Waals surface area (Å²) in [5, 5.41) is 20.4. The third-order valence-electron chi connectivity index (χ3n) is 3.69. The van der Waals surface area contributed by atoms with Gasteiger partial charge in [0, 0.05) is 25.9 Å². The molecule has 116 valence electrons. The van der Waals surface area contributed by atoms with Crippen molar-refractivity contribution in [2.75, 3.05) is 11.9 Å². The van der Waals surface area contributed by atoms with Crippen LogP contribution in [0, 0.1) is 0 Å². The van der Waals surface area contributed by atoms with Gasteiger partial charge in [0.2, 0.25) is 0 Å². The van der Waals surface area contributed by atoms with E-state index in [4.69, 9.17) is 5.11 Å². The summed E-state index contributed by atoms with van der Waals surface area (Å²) in [6.45, 7) is 1.75. The Hall–Kier alpha value is -2.51. The SMILES string of the molecule is O=C(O)c1cnc(NCCCc2nnc3n2CCCC3)cn1. The highest BCUT2D eigenvalue weighted by atomic mass is 16.4. The van der Waals surface area contributed by atoms with Gasteiger partial charge in [0.05, 0.1) is 12.4 Å². The summed E-state index contributed by atoms with van der Waals surface area (Å²) in [5.41, 5.74) is -0.0550. The van der Waals surface area contributed by atoms with Gasteiger partial charge in [-0.25, -0.2) is 14.8 Å². The summed E-state index contributed by atoms with van der Waals surface area (Å²) in [6.07, 6.45) is 7.87. The number of carboxylic acid groups (broad SMARTS) is 1. The molecular formula is C14H18N6O2. The Morgan fingerprint density at radius 3 is 2.95 bits per heavy atom. The van der Waals surface area contributed by atoms with Gasteiger partial charge in [-0.1, -0.05) is 0 Å². The van der Waals surface area contributed by atoms with Crippen molar-refractivity contribution in [3.05, 3.63) is 29.7 Å². The quantitative estimate of drug-likeness (QED) is 0.771. The first-order valence-corrected chi connectivity index (χ1v) is 7.44. The molecule has 0 unspecified atom stereocenters. The molecule has 2 aromatic heterocycles. The van der Waals surface area contributed by atoms with E-state index in [1.807, 2.05) is 0 Å². The topological polar surface area (TPSA) is 106 Å². The summed E-state index contributed by atoms with van der Waals surface area (Å²) in [5.74, 6) is 1.65. The van der Waals surface area contributed by atoms with Gasteiger partial charge in [-0.15, -0.1) is 10.2 Å². The van der Waals surface area contributed by atoms with Gasteiger partial charge < -0.3 is 15.0 Å². The smallest absolute Gasteiger partial charge is 0.356 e. The van der Waals surface area contributed by atoms with E-state index in [1.165, 1.54) is 25.2 Å². The Balaban J connectivity index is 1.47. The lowest BCUT2D eigenvalue weighted by atomic mass is 10.1. The number of hydrogen-bond donors (Lipinski definition) is 2. The van der Waals surface area contributed by atoms with Crippen molar-refractivity contribution in [2.24, 2.45) is 0 Å². The fourth-order valence-corrected chi connectivity index (χ4v) is 2.55. The van der Waals surface area contributed by atoms with Crippen LogP contribution in [-0.4, -0.2) is 42.4 Å². The van der Waals surface area contributed by atoms with Crippen molar-refractivity contribution in [3.63, 3.8) is 0 Å². The van der Waals surface area contributed by atoms with E-state index >= 15 is 0 Å². The van der Waals surface area contributed by atoms with Crippen LogP contribution in [-0.2, 0) is 19.4 Å². The number of carboxylic acids is 1. The molecule has 0 saturated carbocycles. The van der Waals surface area contributed by atoms with Crippen LogP contribution in [0.2, 0.25) is 0 Å². The van der Waals surface area contributed by atoms with Gasteiger partial charge >= 0.3 is 5.97 Å². The fourth-order valence-electron chi connectivity index (χ4n) is 2.55. The van der Waals surface area contributed by atoms with E-state index in [0.717, 1.165) is 44.0 Å². The number of aryl methyl sites for hydroxylation is 2. The first-order valence-electron chi connectivity index (χ1n) is 7.44. The van der Waals surface area contributed by atoms with Gasteiger partial charge in [-0.05, 0) is 19.3 Å². The van der Waals surface area contributed by atoms with Crippen molar-refractivity contribution < 1.29 is 9.90 Å². The highest BCUT2D eigenvalue weighted by Gasteiger charge is 2.15. The van der Waals surface area contributed by atoms with Crippen molar-refractivity contribution in [1.29, 1.82) is 0 Å². The number of fused-ring (bicyclic) bond motifs is 1. The Morgan fingerprint density at radius 1 is 1.27 bits per heavy atom.